The van der Waals surface area contributed by atoms with Crippen molar-refractivity contribution in [3.63, 3.8) is 0 Å². The van der Waals surface area contributed by atoms with Gasteiger partial charge in [-0.05, 0) is 23.9 Å². The first-order chi connectivity index (χ1) is 10.2. The fourth-order valence-corrected chi connectivity index (χ4v) is 3.57. The molecule has 0 saturated heterocycles. The molecule has 0 N–H and O–H groups in total. The third kappa shape index (κ3) is 3.65. The number of aryl methyl sites for hydroxylation is 1. The summed E-state index contributed by atoms with van der Waals surface area (Å²) in [6.45, 7) is 2.03. The van der Waals surface area contributed by atoms with Crippen LogP contribution in [0.1, 0.15) is 17.0 Å². The Hall–Kier alpha value is -1.79. The fraction of sp³-hybridized carbons (Fsp3) is 0.200. The molecule has 6 heteroatoms. The quantitative estimate of drug-likeness (QED) is 0.722. The van der Waals surface area contributed by atoms with Crippen LogP contribution >= 0.6 is 11.3 Å². The van der Waals surface area contributed by atoms with Crippen molar-refractivity contribution in [2.75, 3.05) is 0 Å². The molecular weight excluding hydrogens is 304 g/mol. The van der Waals surface area contributed by atoms with Crippen LogP contribution in [-0.2, 0) is 22.3 Å². The predicted octanol–water partition coefficient (Wildman–Crippen LogP) is 3.56. The normalized spacial score (nSPS) is 12.4. The summed E-state index contributed by atoms with van der Waals surface area (Å²) in [5.41, 5.74) is 3.18. The molecule has 3 aromatic rings. The van der Waals surface area contributed by atoms with Gasteiger partial charge in [-0.15, -0.1) is 0 Å². The molecule has 0 radical (unpaired) electrons. The van der Waals surface area contributed by atoms with E-state index in [1.165, 1.54) is 5.56 Å². The second-order valence-corrected chi connectivity index (χ2v) is 6.97. The Kier molecular flexibility index (Phi) is 4.26. The number of benzene rings is 1. The van der Waals surface area contributed by atoms with Gasteiger partial charge in [0.25, 0.3) is 0 Å². The Bertz CT molecular complexity index is 733. The Morgan fingerprint density at radius 2 is 2.00 bits per heavy atom. The summed E-state index contributed by atoms with van der Waals surface area (Å²) >= 11 is 1.58. The first-order valence-electron chi connectivity index (χ1n) is 6.46. The number of nitrogens with zero attached hydrogens (tertiary/aromatic N) is 2. The molecule has 0 amide bonds. The van der Waals surface area contributed by atoms with Gasteiger partial charge in [0, 0.05) is 27.5 Å². The van der Waals surface area contributed by atoms with Gasteiger partial charge < -0.3 is 4.52 Å². The standard InChI is InChI=1S/C15H14N2O2S2/c1-11-2-4-12(5-3-11)9-21(18)10-14-16-15(17-19-14)13-6-7-20-8-13/h2-8H,9-10H2,1H3. The van der Waals surface area contributed by atoms with Crippen molar-refractivity contribution in [2.24, 2.45) is 0 Å². The van der Waals surface area contributed by atoms with E-state index in [0.29, 0.717) is 17.5 Å². The summed E-state index contributed by atoms with van der Waals surface area (Å²) in [6, 6.07) is 9.97. The largest absolute Gasteiger partial charge is 0.338 e. The lowest BCUT2D eigenvalue weighted by Crippen LogP contribution is -1.99. The van der Waals surface area contributed by atoms with Crippen LogP contribution in [0.2, 0.25) is 0 Å². The van der Waals surface area contributed by atoms with E-state index in [9.17, 15) is 4.21 Å². The number of thiophene rings is 1. The number of hydrogen-bond acceptors (Lipinski definition) is 5. The molecule has 3 rings (SSSR count). The molecule has 0 aliphatic heterocycles. The van der Waals surface area contributed by atoms with Crippen molar-refractivity contribution in [1.82, 2.24) is 10.1 Å². The zero-order valence-corrected chi connectivity index (χ0v) is 13.1. The topological polar surface area (TPSA) is 56.0 Å². The van der Waals surface area contributed by atoms with E-state index in [2.05, 4.69) is 10.1 Å². The maximum Gasteiger partial charge on any atom is 0.239 e. The molecule has 0 aliphatic rings. The van der Waals surface area contributed by atoms with Crippen LogP contribution in [-0.4, -0.2) is 14.3 Å². The van der Waals surface area contributed by atoms with E-state index in [0.717, 1.165) is 11.1 Å². The zero-order chi connectivity index (χ0) is 14.7. The van der Waals surface area contributed by atoms with Gasteiger partial charge in [-0.25, -0.2) is 0 Å². The van der Waals surface area contributed by atoms with Gasteiger partial charge in [0.05, 0.1) is 0 Å². The van der Waals surface area contributed by atoms with Crippen LogP contribution in [0.3, 0.4) is 0 Å². The Morgan fingerprint density at radius 3 is 2.71 bits per heavy atom. The van der Waals surface area contributed by atoms with E-state index >= 15 is 0 Å². The number of hydrogen-bond donors (Lipinski definition) is 0. The third-order valence-corrected chi connectivity index (χ3v) is 4.89. The van der Waals surface area contributed by atoms with Gasteiger partial charge in [-0.2, -0.15) is 16.3 Å². The summed E-state index contributed by atoms with van der Waals surface area (Å²) in [4.78, 5) is 4.28. The third-order valence-electron chi connectivity index (χ3n) is 2.98. The first-order valence-corrected chi connectivity index (χ1v) is 8.89. The lowest BCUT2D eigenvalue weighted by molar-refractivity contribution is 0.390. The molecule has 0 bridgehead atoms. The summed E-state index contributed by atoms with van der Waals surface area (Å²) in [5, 5.41) is 7.83. The summed E-state index contributed by atoms with van der Waals surface area (Å²) in [6.07, 6.45) is 0. The van der Waals surface area contributed by atoms with Gasteiger partial charge in [0.1, 0.15) is 5.75 Å². The van der Waals surface area contributed by atoms with Crippen molar-refractivity contribution in [1.29, 1.82) is 0 Å². The van der Waals surface area contributed by atoms with Gasteiger partial charge in [0.15, 0.2) is 0 Å². The van der Waals surface area contributed by atoms with Crippen LogP contribution in [0.15, 0.2) is 45.6 Å². The van der Waals surface area contributed by atoms with E-state index in [4.69, 9.17) is 4.52 Å². The molecule has 2 heterocycles. The van der Waals surface area contributed by atoms with E-state index in [1.807, 2.05) is 48.0 Å². The molecule has 1 aromatic carbocycles. The number of aromatic nitrogens is 2. The second-order valence-electron chi connectivity index (χ2n) is 4.74. The van der Waals surface area contributed by atoms with Gasteiger partial charge in [-0.3, -0.25) is 4.21 Å². The highest BCUT2D eigenvalue weighted by molar-refractivity contribution is 7.83. The average Bonchev–Trinajstić information content (AvgIpc) is 3.12. The Balaban J connectivity index is 1.64. The molecule has 0 fully saturated rings. The number of rotatable bonds is 5. The van der Waals surface area contributed by atoms with Crippen molar-refractivity contribution < 1.29 is 8.73 Å². The lowest BCUT2D eigenvalue weighted by Gasteiger charge is -2.00. The predicted molar refractivity (Wildman–Crippen MR) is 84.3 cm³/mol. The smallest absolute Gasteiger partial charge is 0.239 e. The van der Waals surface area contributed by atoms with E-state index in [1.54, 1.807) is 11.3 Å². The van der Waals surface area contributed by atoms with E-state index in [-0.39, 0.29) is 5.75 Å². The molecule has 2 aromatic heterocycles. The minimum Gasteiger partial charge on any atom is -0.338 e. The first kappa shape index (κ1) is 14.2. The Labute approximate surface area is 129 Å². The van der Waals surface area contributed by atoms with Crippen LogP contribution in [0.4, 0.5) is 0 Å². The minimum atomic E-state index is -1.06. The highest BCUT2D eigenvalue weighted by Crippen LogP contribution is 2.19. The molecule has 1 unspecified atom stereocenters. The highest BCUT2D eigenvalue weighted by Gasteiger charge is 2.12. The molecule has 0 aliphatic carbocycles. The fourth-order valence-electron chi connectivity index (χ4n) is 1.88. The second kappa shape index (κ2) is 6.32. The van der Waals surface area contributed by atoms with Gasteiger partial charge in [-0.1, -0.05) is 35.0 Å². The van der Waals surface area contributed by atoms with Crippen LogP contribution < -0.4 is 0 Å². The van der Waals surface area contributed by atoms with Crippen LogP contribution in [0.5, 0.6) is 0 Å². The van der Waals surface area contributed by atoms with Crippen LogP contribution in [0, 0.1) is 6.92 Å². The van der Waals surface area contributed by atoms with E-state index < -0.39 is 10.8 Å². The maximum atomic E-state index is 12.1. The van der Waals surface area contributed by atoms with Crippen molar-refractivity contribution in [3.8, 4) is 11.4 Å². The molecule has 0 spiro atoms. The Morgan fingerprint density at radius 1 is 1.19 bits per heavy atom. The zero-order valence-electron chi connectivity index (χ0n) is 11.5. The van der Waals surface area contributed by atoms with Gasteiger partial charge in [0.2, 0.25) is 11.7 Å². The molecule has 108 valence electrons. The SMILES string of the molecule is Cc1ccc(CS(=O)Cc2nc(-c3ccsc3)no2)cc1. The molecule has 21 heavy (non-hydrogen) atoms. The highest BCUT2D eigenvalue weighted by atomic mass is 32.2. The maximum absolute atomic E-state index is 12.1. The van der Waals surface area contributed by atoms with Crippen LogP contribution in [0.25, 0.3) is 11.4 Å². The molecule has 1 atom stereocenters. The van der Waals surface area contributed by atoms with Gasteiger partial charge >= 0.3 is 0 Å². The van der Waals surface area contributed by atoms with Crippen molar-refractivity contribution in [2.45, 2.75) is 18.4 Å². The molecule has 0 saturated carbocycles. The molecule has 4 nitrogen and oxygen atoms in total. The van der Waals surface area contributed by atoms with Crippen molar-refractivity contribution >= 4 is 22.1 Å². The molecular formula is C15H14N2O2S2. The summed E-state index contributed by atoms with van der Waals surface area (Å²) in [5.74, 6) is 1.75. The summed E-state index contributed by atoms with van der Waals surface area (Å²) in [7, 11) is -1.06. The summed E-state index contributed by atoms with van der Waals surface area (Å²) < 4.78 is 17.3. The van der Waals surface area contributed by atoms with Crippen molar-refractivity contribution in [3.05, 3.63) is 58.1 Å². The average molecular weight is 318 g/mol. The lowest BCUT2D eigenvalue weighted by atomic mass is 10.2. The minimum absolute atomic E-state index is 0.283. The monoisotopic (exact) mass is 318 g/mol.